The molecule has 4 amide bonds. The van der Waals surface area contributed by atoms with Crippen molar-refractivity contribution < 1.29 is 19.2 Å². The Kier molecular flexibility index (Phi) is 3.92. The Labute approximate surface area is 177 Å². The van der Waals surface area contributed by atoms with Gasteiger partial charge in [-0.3, -0.25) is 29.0 Å². The molecule has 0 aromatic heterocycles. The van der Waals surface area contributed by atoms with Gasteiger partial charge in [0, 0.05) is 25.4 Å². The molecule has 4 bridgehead atoms. The van der Waals surface area contributed by atoms with Gasteiger partial charge in [0.25, 0.3) is 0 Å². The lowest BCUT2D eigenvalue weighted by Gasteiger charge is -2.44. The highest BCUT2D eigenvalue weighted by atomic mass is 16.2. The molecule has 5 fully saturated rings. The fourth-order valence-electron chi connectivity index (χ4n) is 8.34. The highest BCUT2D eigenvalue weighted by Gasteiger charge is 2.68. The number of nitrogens with zero attached hydrogens (tertiary/aromatic N) is 2. The van der Waals surface area contributed by atoms with Crippen LogP contribution in [0, 0.1) is 59.2 Å². The van der Waals surface area contributed by atoms with Crippen LogP contribution in [0.2, 0.25) is 0 Å². The summed E-state index contributed by atoms with van der Waals surface area (Å²) in [5.74, 6) is -0.344. The van der Waals surface area contributed by atoms with Crippen LogP contribution in [0.1, 0.15) is 39.0 Å². The molecule has 30 heavy (non-hydrogen) atoms. The third kappa shape index (κ3) is 2.25. The monoisotopic (exact) mass is 410 g/mol. The number of rotatable bonds is 3. The van der Waals surface area contributed by atoms with E-state index in [2.05, 4.69) is 6.92 Å². The van der Waals surface area contributed by atoms with E-state index in [4.69, 9.17) is 0 Å². The number of likely N-dealkylation sites (tertiary alicyclic amines) is 2. The number of hydrogen-bond acceptors (Lipinski definition) is 4. The predicted molar refractivity (Wildman–Crippen MR) is 107 cm³/mol. The number of carbonyl (C=O) groups is 4. The van der Waals surface area contributed by atoms with E-state index in [0.717, 1.165) is 30.6 Å². The Bertz CT molecular complexity index is 830. The summed E-state index contributed by atoms with van der Waals surface area (Å²) in [5, 5.41) is 0. The molecule has 0 radical (unpaired) electrons. The molecule has 6 heteroatoms. The summed E-state index contributed by atoms with van der Waals surface area (Å²) in [4.78, 5) is 55.0. The summed E-state index contributed by atoms with van der Waals surface area (Å²) < 4.78 is 0. The topological polar surface area (TPSA) is 74.8 Å². The van der Waals surface area contributed by atoms with Gasteiger partial charge in [-0.15, -0.1) is 0 Å². The van der Waals surface area contributed by atoms with Crippen molar-refractivity contribution in [2.75, 3.05) is 13.6 Å². The van der Waals surface area contributed by atoms with Gasteiger partial charge in [0.2, 0.25) is 23.6 Å². The van der Waals surface area contributed by atoms with Crippen LogP contribution in [0.3, 0.4) is 0 Å². The van der Waals surface area contributed by atoms with Gasteiger partial charge in [0.05, 0.1) is 23.7 Å². The van der Waals surface area contributed by atoms with E-state index in [1.54, 1.807) is 0 Å². The molecule has 10 atom stereocenters. The van der Waals surface area contributed by atoms with Crippen LogP contribution in [-0.2, 0) is 19.2 Å². The Balaban J connectivity index is 1.25. The van der Waals surface area contributed by atoms with E-state index in [1.807, 2.05) is 12.2 Å². The molecule has 7 aliphatic rings. The highest BCUT2D eigenvalue weighted by Crippen LogP contribution is 2.58. The van der Waals surface area contributed by atoms with Crippen LogP contribution in [0.25, 0.3) is 0 Å². The van der Waals surface area contributed by atoms with Crippen LogP contribution in [0.15, 0.2) is 12.2 Å². The van der Waals surface area contributed by atoms with Crippen LogP contribution >= 0.6 is 0 Å². The fourth-order valence-corrected chi connectivity index (χ4v) is 8.34. The minimum atomic E-state index is -0.466. The quantitative estimate of drug-likeness (QED) is 0.528. The SMILES string of the molecule is CCC1CC2CC(CN3C(=O)C4C5C=CC(C6C(=O)N(C)C(=O)C56)C4C3=O)CC1C2. The summed E-state index contributed by atoms with van der Waals surface area (Å²) in [6, 6.07) is 0. The minimum absolute atomic E-state index is 0.0948. The molecular formula is C24H30N2O4. The number of carbonyl (C=O) groups excluding carboxylic acids is 4. The molecule has 2 aliphatic heterocycles. The van der Waals surface area contributed by atoms with Crippen molar-refractivity contribution in [1.82, 2.24) is 9.80 Å². The van der Waals surface area contributed by atoms with Crippen molar-refractivity contribution >= 4 is 23.6 Å². The maximum Gasteiger partial charge on any atom is 0.233 e. The maximum atomic E-state index is 13.4. The zero-order valence-electron chi connectivity index (χ0n) is 17.7. The Morgan fingerprint density at radius 1 is 0.800 bits per heavy atom. The largest absolute Gasteiger partial charge is 0.285 e. The molecule has 160 valence electrons. The third-order valence-electron chi connectivity index (χ3n) is 9.53. The average molecular weight is 411 g/mol. The van der Waals surface area contributed by atoms with Gasteiger partial charge in [-0.1, -0.05) is 25.5 Å². The normalized spacial score (nSPS) is 48.7. The van der Waals surface area contributed by atoms with Gasteiger partial charge in [-0.2, -0.15) is 0 Å². The number of hydrogen-bond donors (Lipinski definition) is 0. The smallest absolute Gasteiger partial charge is 0.233 e. The van der Waals surface area contributed by atoms with Gasteiger partial charge < -0.3 is 0 Å². The lowest BCUT2D eigenvalue weighted by molar-refractivity contribution is -0.141. The molecular weight excluding hydrogens is 380 g/mol. The molecule has 0 aromatic rings. The van der Waals surface area contributed by atoms with E-state index >= 15 is 0 Å². The summed E-state index contributed by atoms with van der Waals surface area (Å²) in [7, 11) is 1.52. The van der Waals surface area contributed by atoms with Crippen molar-refractivity contribution in [3.05, 3.63) is 12.2 Å². The first kappa shape index (κ1) is 18.8. The second kappa shape index (κ2) is 6.27. The van der Waals surface area contributed by atoms with Gasteiger partial charge in [0.15, 0.2) is 0 Å². The van der Waals surface area contributed by atoms with Gasteiger partial charge in [-0.05, 0) is 49.4 Å². The molecule has 2 saturated heterocycles. The average Bonchev–Trinajstić information content (AvgIpc) is 3.28. The van der Waals surface area contributed by atoms with Gasteiger partial charge in [0.1, 0.15) is 0 Å². The van der Waals surface area contributed by atoms with E-state index in [0.29, 0.717) is 12.5 Å². The molecule has 10 unspecified atom stereocenters. The van der Waals surface area contributed by atoms with Crippen LogP contribution in [-0.4, -0.2) is 47.0 Å². The Morgan fingerprint density at radius 2 is 1.37 bits per heavy atom. The lowest BCUT2D eigenvalue weighted by atomic mass is 9.54. The summed E-state index contributed by atoms with van der Waals surface area (Å²) in [6.45, 7) is 2.81. The number of imide groups is 2. The molecule has 0 aromatic carbocycles. The summed E-state index contributed by atoms with van der Waals surface area (Å²) >= 11 is 0. The first-order valence-electron chi connectivity index (χ1n) is 11.8. The lowest BCUT2D eigenvalue weighted by Crippen LogP contribution is -2.50. The van der Waals surface area contributed by atoms with Gasteiger partial charge in [-0.25, -0.2) is 0 Å². The first-order chi connectivity index (χ1) is 14.4. The standard InChI is InChI=1S/C24H30N2O4/c1-3-13-7-11-6-12(9-14(13)8-11)10-26-23(29)19-15-4-5-16(20(19)24(26)30)18-17(15)21(27)25(2)22(18)28/h4-5,11-20H,3,6-10H2,1-2H3. The van der Waals surface area contributed by atoms with E-state index in [-0.39, 0.29) is 35.5 Å². The molecule has 0 spiro atoms. The molecule has 3 saturated carbocycles. The molecule has 0 N–H and O–H groups in total. The predicted octanol–water partition coefficient (Wildman–Crippen LogP) is 2.10. The number of allylic oxidation sites excluding steroid dienone is 2. The zero-order chi connectivity index (χ0) is 20.9. The van der Waals surface area contributed by atoms with Crippen LogP contribution in [0.4, 0.5) is 0 Å². The second-order valence-electron chi connectivity index (χ2n) is 10.8. The highest BCUT2D eigenvalue weighted by molar-refractivity contribution is 6.10. The Hall–Kier alpha value is -1.98. The van der Waals surface area contributed by atoms with Crippen LogP contribution < -0.4 is 0 Å². The minimum Gasteiger partial charge on any atom is -0.285 e. The Morgan fingerprint density at radius 3 is 1.93 bits per heavy atom. The summed E-state index contributed by atoms with van der Waals surface area (Å²) in [5.41, 5.74) is 0. The van der Waals surface area contributed by atoms with E-state index < -0.39 is 23.7 Å². The number of amides is 4. The van der Waals surface area contributed by atoms with Crippen molar-refractivity contribution in [3.63, 3.8) is 0 Å². The molecule has 6 nitrogen and oxygen atoms in total. The number of fused-ring (bicyclic) bond motifs is 2. The fraction of sp³-hybridized carbons (Fsp3) is 0.750. The molecule has 5 aliphatic carbocycles. The molecule has 7 rings (SSSR count). The summed E-state index contributed by atoms with van der Waals surface area (Å²) in [6.07, 6.45) is 9.99. The maximum absolute atomic E-state index is 13.4. The van der Waals surface area contributed by atoms with Crippen molar-refractivity contribution in [1.29, 1.82) is 0 Å². The van der Waals surface area contributed by atoms with E-state index in [1.165, 1.54) is 36.1 Å². The molecule has 2 heterocycles. The van der Waals surface area contributed by atoms with Crippen molar-refractivity contribution in [2.24, 2.45) is 59.2 Å². The van der Waals surface area contributed by atoms with Crippen molar-refractivity contribution in [3.8, 4) is 0 Å². The first-order valence-corrected chi connectivity index (χ1v) is 11.8. The van der Waals surface area contributed by atoms with Crippen LogP contribution in [0.5, 0.6) is 0 Å². The van der Waals surface area contributed by atoms with Crippen molar-refractivity contribution in [2.45, 2.75) is 39.0 Å². The zero-order valence-corrected chi connectivity index (χ0v) is 17.7. The second-order valence-corrected chi connectivity index (χ2v) is 10.8. The van der Waals surface area contributed by atoms with Gasteiger partial charge >= 0.3 is 0 Å². The third-order valence-corrected chi connectivity index (χ3v) is 9.53. The van der Waals surface area contributed by atoms with E-state index in [9.17, 15) is 19.2 Å².